The van der Waals surface area contributed by atoms with Crippen LogP contribution in [-0.2, 0) is 11.3 Å². The van der Waals surface area contributed by atoms with Crippen LogP contribution in [0.1, 0.15) is 17.5 Å². The number of benzene rings is 1. The van der Waals surface area contributed by atoms with Gasteiger partial charge in [0, 0.05) is 18.2 Å². The Labute approximate surface area is 156 Å². The van der Waals surface area contributed by atoms with Crippen molar-refractivity contribution in [1.29, 1.82) is 0 Å². The molecule has 1 amide bonds. The first-order chi connectivity index (χ1) is 12.5. The first kappa shape index (κ1) is 18.3. The van der Waals surface area contributed by atoms with Gasteiger partial charge in [-0.2, -0.15) is 4.99 Å². The molecule has 136 valence electrons. The fraction of sp³-hybridized carbons (Fsp3) is 0.250. The number of amides is 1. The summed E-state index contributed by atoms with van der Waals surface area (Å²) >= 11 is 7.33. The third-order valence-corrected chi connectivity index (χ3v) is 4.76. The van der Waals surface area contributed by atoms with Crippen molar-refractivity contribution in [3.05, 3.63) is 56.0 Å². The van der Waals surface area contributed by atoms with E-state index < -0.39 is 16.7 Å². The molecule has 2 aromatic heterocycles. The van der Waals surface area contributed by atoms with Gasteiger partial charge in [-0.15, -0.1) is 0 Å². The van der Waals surface area contributed by atoms with Crippen molar-refractivity contribution in [3.8, 4) is 0 Å². The zero-order valence-electron chi connectivity index (χ0n) is 13.7. The summed E-state index contributed by atoms with van der Waals surface area (Å²) in [6.07, 6.45) is 0. The van der Waals surface area contributed by atoms with E-state index >= 15 is 0 Å². The first-order valence-electron chi connectivity index (χ1n) is 7.69. The monoisotopic (exact) mass is 395 g/mol. The number of carbonyl (C=O) groups excluding carboxylic acids is 1. The largest absolute Gasteiger partial charge is 0.433 e. The van der Waals surface area contributed by atoms with Crippen molar-refractivity contribution in [3.63, 3.8) is 0 Å². The Morgan fingerprint density at radius 3 is 2.92 bits per heavy atom. The number of nitro groups is 1. The second kappa shape index (κ2) is 7.81. The van der Waals surface area contributed by atoms with Crippen LogP contribution in [-0.4, -0.2) is 28.6 Å². The standard InChI is InChI=1S/C16H14ClN3O5S/c1-2-24-8-7-19-11-4-3-10(17)9-13(11)26-16(19)18-15(21)12-5-6-14(25-12)20(22)23/h3-6,9H,2,7-8H2,1H3. The highest BCUT2D eigenvalue weighted by Crippen LogP contribution is 2.22. The molecule has 0 atom stereocenters. The Morgan fingerprint density at radius 2 is 2.23 bits per heavy atom. The minimum Gasteiger partial charge on any atom is -0.395 e. The number of rotatable bonds is 6. The molecule has 0 bridgehead atoms. The highest BCUT2D eigenvalue weighted by Gasteiger charge is 2.17. The summed E-state index contributed by atoms with van der Waals surface area (Å²) in [5.41, 5.74) is 0.871. The van der Waals surface area contributed by atoms with E-state index in [1.807, 2.05) is 17.6 Å². The van der Waals surface area contributed by atoms with Crippen molar-refractivity contribution < 1.29 is 18.9 Å². The molecular weight excluding hydrogens is 382 g/mol. The SMILES string of the molecule is CCOCCn1c(=NC(=O)c2ccc([N+](=O)[O-])o2)sc2cc(Cl)ccc21. The van der Waals surface area contributed by atoms with Gasteiger partial charge in [-0.3, -0.25) is 14.9 Å². The molecule has 0 N–H and O–H groups in total. The average molecular weight is 396 g/mol. The van der Waals surface area contributed by atoms with E-state index in [2.05, 4.69) is 4.99 Å². The molecule has 0 spiro atoms. The van der Waals surface area contributed by atoms with Gasteiger partial charge in [-0.25, -0.2) is 0 Å². The van der Waals surface area contributed by atoms with Crippen LogP contribution in [0.5, 0.6) is 0 Å². The van der Waals surface area contributed by atoms with Crippen molar-refractivity contribution in [2.45, 2.75) is 13.5 Å². The predicted octanol–water partition coefficient (Wildman–Crippen LogP) is 3.64. The highest BCUT2D eigenvalue weighted by molar-refractivity contribution is 7.16. The maximum absolute atomic E-state index is 12.3. The number of hydrogen-bond acceptors (Lipinski definition) is 6. The van der Waals surface area contributed by atoms with Gasteiger partial charge in [-0.1, -0.05) is 22.9 Å². The van der Waals surface area contributed by atoms with E-state index in [1.165, 1.54) is 17.4 Å². The molecule has 0 aliphatic heterocycles. The average Bonchev–Trinajstić information content (AvgIpc) is 3.20. The Hall–Kier alpha value is -2.49. The fourth-order valence-corrected chi connectivity index (χ4v) is 3.66. The van der Waals surface area contributed by atoms with E-state index in [0.29, 0.717) is 29.6 Å². The van der Waals surface area contributed by atoms with Gasteiger partial charge in [0.2, 0.25) is 5.76 Å². The fourth-order valence-electron chi connectivity index (χ4n) is 2.33. The molecule has 2 heterocycles. The Bertz CT molecular complexity index is 1040. The molecule has 0 radical (unpaired) electrons. The van der Waals surface area contributed by atoms with Crippen LogP contribution in [0.4, 0.5) is 5.88 Å². The number of carbonyl (C=O) groups is 1. The summed E-state index contributed by atoms with van der Waals surface area (Å²) in [6, 6.07) is 7.76. The minimum atomic E-state index is -0.708. The molecule has 0 aliphatic rings. The lowest BCUT2D eigenvalue weighted by atomic mass is 10.3. The van der Waals surface area contributed by atoms with E-state index in [9.17, 15) is 14.9 Å². The second-order valence-electron chi connectivity index (χ2n) is 5.16. The molecule has 0 fully saturated rings. The lowest BCUT2D eigenvalue weighted by Gasteiger charge is -2.05. The van der Waals surface area contributed by atoms with Crippen LogP contribution in [0.3, 0.4) is 0 Å². The van der Waals surface area contributed by atoms with Gasteiger partial charge in [0.25, 0.3) is 0 Å². The molecule has 10 heteroatoms. The summed E-state index contributed by atoms with van der Waals surface area (Å²) in [7, 11) is 0. The molecule has 1 aromatic carbocycles. The van der Waals surface area contributed by atoms with Gasteiger partial charge in [0.05, 0.1) is 22.9 Å². The maximum atomic E-state index is 12.3. The van der Waals surface area contributed by atoms with Crippen LogP contribution >= 0.6 is 22.9 Å². The number of thiazole rings is 1. The topological polar surface area (TPSA) is 99.9 Å². The Morgan fingerprint density at radius 1 is 1.42 bits per heavy atom. The van der Waals surface area contributed by atoms with Gasteiger partial charge in [0.15, 0.2) is 4.80 Å². The molecule has 0 aliphatic carbocycles. The quantitative estimate of drug-likeness (QED) is 0.360. The second-order valence-corrected chi connectivity index (χ2v) is 6.60. The van der Waals surface area contributed by atoms with E-state index in [-0.39, 0.29) is 5.76 Å². The molecule has 8 nitrogen and oxygen atoms in total. The Balaban J connectivity index is 2.03. The molecule has 3 rings (SSSR count). The zero-order chi connectivity index (χ0) is 18.7. The molecule has 3 aromatic rings. The molecule has 0 unspecified atom stereocenters. The normalized spacial score (nSPS) is 12.0. The van der Waals surface area contributed by atoms with Gasteiger partial charge < -0.3 is 13.7 Å². The van der Waals surface area contributed by atoms with Crippen molar-refractivity contribution >= 4 is 44.9 Å². The summed E-state index contributed by atoms with van der Waals surface area (Å²) in [5.74, 6) is -1.39. The third-order valence-electron chi connectivity index (χ3n) is 3.49. The number of nitrogens with zero attached hydrogens (tertiary/aromatic N) is 3. The first-order valence-corrected chi connectivity index (χ1v) is 8.89. The minimum absolute atomic E-state index is 0.191. The summed E-state index contributed by atoms with van der Waals surface area (Å²) in [6.45, 7) is 3.43. The number of fused-ring (bicyclic) bond motifs is 1. The highest BCUT2D eigenvalue weighted by atomic mass is 35.5. The predicted molar refractivity (Wildman–Crippen MR) is 96.6 cm³/mol. The van der Waals surface area contributed by atoms with Crippen LogP contribution in [0.15, 0.2) is 39.7 Å². The maximum Gasteiger partial charge on any atom is 0.433 e. The van der Waals surface area contributed by atoms with Crippen LogP contribution in [0.2, 0.25) is 5.02 Å². The molecule has 26 heavy (non-hydrogen) atoms. The summed E-state index contributed by atoms with van der Waals surface area (Å²) < 4.78 is 13.0. The summed E-state index contributed by atoms with van der Waals surface area (Å²) in [5, 5.41) is 11.3. The number of hydrogen-bond donors (Lipinski definition) is 0. The van der Waals surface area contributed by atoms with Crippen molar-refractivity contribution in [2.75, 3.05) is 13.2 Å². The third kappa shape index (κ3) is 3.85. The van der Waals surface area contributed by atoms with Gasteiger partial charge in [0.1, 0.15) is 4.92 Å². The van der Waals surface area contributed by atoms with E-state index in [0.717, 1.165) is 16.3 Å². The number of aromatic nitrogens is 1. The number of ether oxygens (including phenoxy) is 1. The lowest BCUT2D eigenvalue weighted by Crippen LogP contribution is -2.19. The zero-order valence-corrected chi connectivity index (χ0v) is 15.2. The van der Waals surface area contributed by atoms with Crippen LogP contribution in [0, 0.1) is 10.1 Å². The van der Waals surface area contributed by atoms with Gasteiger partial charge in [-0.05, 0) is 31.2 Å². The summed E-state index contributed by atoms with van der Waals surface area (Å²) in [4.78, 5) is 26.8. The Kier molecular flexibility index (Phi) is 5.50. The molecule has 0 saturated heterocycles. The van der Waals surface area contributed by atoms with E-state index in [1.54, 1.807) is 12.1 Å². The number of furan rings is 1. The van der Waals surface area contributed by atoms with Crippen molar-refractivity contribution in [1.82, 2.24) is 4.57 Å². The smallest absolute Gasteiger partial charge is 0.395 e. The van der Waals surface area contributed by atoms with Crippen LogP contribution < -0.4 is 4.80 Å². The number of halogens is 1. The van der Waals surface area contributed by atoms with Crippen LogP contribution in [0.25, 0.3) is 10.2 Å². The molecule has 0 saturated carbocycles. The van der Waals surface area contributed by atoms with E-state index in [4.69, 9.17) is 20.8 Å². The van der Waals surface area contributed by atoms with Gasteiger partial charge >= 0.3 is 11.8 Å². The lowest BCUT2D eigenvalue weighted by molar-refractivity contribution is -0.402. The van der Waals surface area contributed by atoms with Crippen molar-refractivity contribution in [2.24, 2.45) is 4.99 Å². The molecular formula is C16H14ClN3O5S.